The minimum absolute atomic E-state index is 0.171. The number of nitrogens with one attached hydrogen (secondary N) is 2. The summed E-state index contributed by atoms with van der Waals surface area (Å²) in [4.78, 5) is 24.9. The van der Waals surface area contributed by atoms with E-state index in [-0.39, 0.29) is 5.91 Å². The molecule has 6 heteroatoms. The molecule has 1 rings (SSSR count). The number of carboxylic acid groups (broad SMARTS) is 1. The molecule has 0 aliphatic carbocycles. The van der Waals surface area contributed by atoms with Crippen LogP contribution < -0.4 is 10.6 Å². The zero-order chi connectivity index (χ0) is 14.3. The van der Waals surface area contributed by atoms with Gasteiger partial charge in [0.1, 0.15) is 0 Å². The lowest BCUT2D eigenvalue weighted by molar-refractivity contribution is -0.146. The summed E-state index contributed by atoms with van der Waals surface area (Å²) in [5.74, 6) is -2.23. The van der Waals surface area contributed by atoms with Gasteiger partial charge in [-0.1, -0.05) is 13.8 Å². The maximum atomic E-state index is 11.7. The van der Waals surface area contributed by atoms with Gasteiger partial charge in [-0.25, -0.2) is 0 Å². The minimum atomic E-state index is -0.927. The molecule has 0 spiro atoms. The number of aliphatic carboxylic acids is 1. The van der Waals surface area contributed by atoms with Crippen molar-refractivity contribution >= 4 is 11.9 Å². The fourth-order valence-electron chi connectivity index (χ4n) is 2.05. The predicted molar refractivity (Wildman–Crippen MR) is 72.9 cm³/mol. The van der Waals surface area contributed by atoms with Crippen LogP contribution in [0.4, 0.5) is 0 Å². The Labute approximate surface area is 114 Å². The smallest absolute Gasteiger partial charge is 0.307 e. The number of carbonyl (C=O) groups is 2. The van der Waals surface area contributed by atoms with Gasteiger partial charge in [-0.3, -0.25) is 9.59 Å². The molecule has 1 amide bonds. The van der Waals surface area contributed by atoms with Crippen LogP contribution in [-0.4, -0.2) is 61.2 Å². The molecule has 1 aliphatic rings. The Morgan fingerprint density at radius 3 is 2.47 bits per heavy atom. The van der Waals surface area contributed by atoms with Gasteiger partial charge in [-0.05, 0) is 13.0 Å². The molecule has 0 radical (unpaired) electrons. The summed E-state index contributed by atoms with van der Waals surface area (Å²) < 4.78 is 0. The second-order valence-corrected chi connectivity index (χ2v) is 5.15. The zero-order valence-electron chi connectivity index (χ0n) is 11.8. The standard InChI is InChI=1S/C13H25N3O3/c1-10(11(2)13(18)19)12(17)15-4-3-7-16-8-5-14-6-9-16/h10-11,14H,3-9H2,1-2H3,(H,15,17)(H,18,19). The van der Waals surface area contributed by atoms with Crippen molar-refractivity contribution in [2.45, 2.75) is 20.3 Å². The van der Waals surface area contributed by atoms with Crippen molar-refractivity contribution in [3.63, 3.8) is 0 Å². The molecule has 1 fully saturated rings. The third-order valence-electron chi connectivity index (χ3n) is 3.71. The highest BCUT2D eigenvalue weighted by Crippen LogP contribution is 2.10. The summed E-state index contributed by atoms with van der Waals surface area (Å²) in [6, 6.07) is 0. The summed E-state index contributed by atoms with van der Waals surface area (Å²) in [5.41, 5.74) is 0. The van der Waals surface area contributed by atoms with Crippen molar-refractivity contribution in [1.29, 1.82) is 0 Å². The Balaban J connectivity index is 2.14. The number of rotatable bonds is 7. The van der Waals surface area contributed by atoms with E-state index < -0.39 is 17.8 Å². The first-order chi connectivity index (χ1) is 9.02. The average molecular weight is 271 g/mol. The van der Waals surface area contributed by atoms with E-state index in [1.807, 2.05) is 0 Å². The Morgan fingerprint density at radius 1 is 1.26 bits per heavy atom. The van der Waals surface area contributed by atoms with Crippen LogP contribution in [0.5, 0.6) is 0 Å². The maximum Gasteiger partial charge on any atom is 0.307 e. The third-order valence-corrected chi connectivity index (χ3v) is 3.71. The molecular weight excluding hydrogens is 246 g/mol. The Bertz CT molecular complexity index is 304. The molecule has 3 N–H and O–H groups in total. The molecule has 0 aromatic heterocycles. The van der Waals surface area contributed by atoms with Crippen LogP contribution in [0, 0.1) is 11.8 Å². The maximum absolute atomic E-state index is 11.7. The normalized spacial score (nSPS) is 19.7. The van der Waals surface area contributed by atoms with Gasteiger partial charge >= 0.3 is 5.97 Å². The van der Waals surface area contributed by atoms with Crippen LogP contribution in [0.25, 0.3) is 0 Å². The lowest BCUT2D eigenvalue weighted by Gasteiger charge is -2.27. The van der Waals surface area contributed by atoms with Gasteiger partial charge in [0.05, 0.1) is 5.92 Å². The van der Waals surface area contributed by atoms with Gasteiger partial charge in [0.25, 0.3) is 0 Å². The highest BCUT2D eigenvalue weighted by Gasteiger charge is 2.25. The molecule has 0 aromatic rings. The van der Waals surface area contributed by atoms with E-state index in [1.54, 1.807) is 13.8 Å². The van der Waals surface area contributed by atoms with Crippen LogP contribution in [0.1, 0.15) is 20.3 Å². The van der Waals surface area contributed by atoms with Gasteiger partial charge in [-0.2, -0.15) is 0 Å². The summed E-state index contributed by atoms with van der Waals surface area (Å²) >= 11 is 0. The Hall–Kier alpha value is -1.14. The highest BCUT2D eigenvalue weighted by molar-refractivity contribution is 5.84. The second kappa shape index (κ2) is 8.12. The first-order valence-corrected chi connectivity index (χ1v) is 6.96. The minimum Gasteiger partial charge on any atom is -0.481 e. The van der Waals surface area contributed by atoms with Crippen molar-refractivity contribution in [2.75, 3.05) is 39.3 Å². The van der Waals surface area contributed by atoms with Crippen molar-refractivity contribution in [3.8, 4) is 0 Å². The highest BCUT2D eigenvalue weighted by atomic mass is 16.4. The molecule has 0 aromatic carbocycles. The third kappa shape index (κ3) is 5.57. The van der Waals surface area contributed by atoms with E-state index in [0.717, 1.165) is 39.1 Å². The van der Waals surface area contributed by atoms with Gasteiger partial charge in [0.2, 0.25) is 5.91 Å². The molecule has 2 unspecified atom stereocenters. The summed E-state index contributed by atoms with van der Waals surface area (Å²) in [6.07, 6.45) is 0.903. The van der Waals surface area contributed by atoms with Crippen LogP contribution in [0.3, 0.4) is 0 Å². The summed E-state index contributed by atoms with van der Waals surface area (Å²) in [7, 11) is 0. The van der Waals surface area contributed by atoms with E-state index in [4.69, 9.17) is 5.11 Å². The molecule has 2 atom stereocenters. The largest absolute Gasteiger partial charge is 0.481 e. The van der Waals surface area contributed by atoms with Gasteiger partial charge < -0.3 is 20.6 Å². The number of piperazine rings is 1. The fourth-order valence-corrected chi connectivity index (χ4v) is 2.05. The summed E-state index contributed by atoms with van der Waals surface area (Å²) in [6.45, 7) is 8.97. The van der Waals surface area contributed by atoms with Crippen molar-refractivity contribution < 1.29 is 14.7 Å². The lowest BCUT2D eigenvalue weighted by Crippen LogP contribution is -2.44. The fraction of sp³-hybridized carbons (Fsp3) is 0.846. The van der Waals surface area contributed by atoms with E-state index >= 15 is 0 Å². The first-order valence-electron chi connectivity index (χ1n) is 6.96. The SMILES string of the molecule is CC(C(=O)O)C(C)C(=O)NCCCN1CCNCC1. The average Bonchev–Trinajstić information content (AvgIpc) is 2.42. The van der Waals surface area contributed by atoms with Crippen LogP contribution in [0.15, 0.2) is 0 Å². The van der Waals surface area contributed by atoms with Crippen molar-refractivity contribution in [1.82, 2.24) is 15.5 Å². The zero-order valence-corrected chi connectivity index (χ0v) is 11.8. The Morgan fingerprint density at radius 2 is 1.89 bits per heavy atom. The molecule has 6 nitrogen and oxygen atoms in total. The van der Waals surface area contributed by atoms with E-state index in [9.17, 15) is 9.59 Å². The topological polar surface area (TPSA) is 81.7 Å². The molecule has 110 valence electrons. The van der Waals surface area contributed by atoms with E-state index in [1.165, 1.54) is 0 Å². The van der Waals surface area contributed by atoms with E-state index in [0.29, 0.717) is 6.54 Å². The quantitative estimate of drug-likeness (QED) is 0.557. The van der Waals surface area contributed by atoms with Crippen LogP contribution in [0.2, 0.25) is 0 Å². The number of carboxylic acids is 1. The van der Waals surface area contributed by atoms with Crippen LogP contribution >= 0.6 is 0 Å². The molecule has 1 aliphatic heterocycles. The lowest BCUT2D eigenvalue weighted by atomic mass is 9.95. The molecule has 19 heavy (non-hydrogen) atoms. The second-order valence-electron chi connectivity index (χ2n) is 5.15. The van der Waals surface area contributed by atoms with Gasteiger partial charge in [0, 0.05) is 38.6 Å². The molecular formula is C13H25N3O3. The van der Waals surface area contributed by atoms with Crippen molar-refractivity contribution in [3.05, 3.63) is 0 Å². The van der Waals surface area contributed by atoms with Gasteiger partial charge in [0.15, 0.2) is 0 Å². The van der Waals surface area contributed by atoms with E-state index in [2.05, 4.69) is 15.5 Å². The molecule has 0 bridgehead atoms. The predicted octanol–water partition coefficient (Wildman–Crippen LogP) is -0.245. The summed E-state index contributed by atoms with van der Waals surface area (Å²) in [5, 5.41) is 15.0. The number of nitrogens with zero attached hydrogens (tertiary/aromatic N) is 1. The first kappa shape index (κ1) is 15.9. The van der Waals surface area contributed by atoms with Gasteiger partial charge in [-0.15, -0.1) is 0 Å². The number of hydrogen-bond acceptors (Lipinski definition) is 4. The molecule has 1 saturated heterocycles. The molecule has 1 heterocycles. The number of hydrogen-bond donors (Lipinski definition) is 3. The number of carbonyl (C=O) groups excluding carboxylic acids is 1. The number of amides is 1. The van der Waals surface area contributed by atoms with Crippen molar-refractivity contribution in [2.24, 2.45) is 11.8 Å². The Kier molecular flexibility index (Phi) is 6.80. The monoisotopic (exact) mass is 271 g/mol. The van der Waals surface area contributed by atoms with Crippen LogP contribution in [-0.2, 0) is 9.59 Å². The molecule has 0 saturated carbocycles.